The third-order valence-electron chi connectivity index (χ3n) is 4.02. The number of hydrogen-bond acceptors (Lipinski definition) is 0. The molecule has 0 aromatic heterocycles. The van der Waals surface area contributed by atoms with E-state index in [9.17, 15) is 0 Å². The van der Waals surface area contributed by atoms with E-state index in [1.807, 2.05) is 0 Å². The lowest BCUT2D eigenvalue weighted by Gasteiger charge is -2.37. The zero-order chi connectivity index (χ0) is 11.0. The maximum Gasteiger partial charge on any atom is -0.0208 e. The Bertz CT molecular complexity index is 119. The molecule has 1 heteroatoms. The monoisotopic (exact) mass is 216 g/mol. The van der Waals surface area contributed by atoms with Crippen molar-refractivity contribution >= 4 is 9.24 Å². The molecule has 0 N–H and O–H groups in total. The SMILES string of the molecule is CCCCCC(P)C(CC)(CC)CC. The molecule has 0 rings (SSSR count). The molecular formula is C13H29P. The molecule has 86 valence electrons. The zero-order valence-corrected chi connectivity index (χ0v) is 11.8. The van der Waals surface area contributed by atoms with Gasteiger partial charge in [-0.3, -0.25) is 0 Å². The zero-order valence-electron chi connectivity index (χ0n) is 10.6. The quantitative estimate of drug-likeness (QED) is 0.394. The fraction of sp³-hybridized carbons (Fsp3) is 1.00. The largest absolute Gasteiger partial charge is 0.134 e. The summed E-state index contributed by atoms with van der Waals surface area (Å²) in [7, 11) is 3.11. The molecule has 14 heavy (non-hydrogen) atoms. The normalized spacial score (nSPS) is 14.4. The molecule has 0 radical (unpaired) electrons. The number of hydrogen-bond donors (Lipinski definition) is 0. The van der Waals surface area contributed by atoms with Gasteiger partial charge in [-0.25, -0.2) is 0 Å². The van der Waals surface area contributed by atoms with Gasteiger partial charge in [0.25, 0.3) is 0 Å². The standard InChI is InChI=1S/C13H29P/c1-5-9-10-11-12(14)13(6-2,7-3)8-4/h12H,5-11,14H2,1-4H3. The van der Waals surface area contributed by atoms with Crippen LogP contribution < -0.4 is 0 Å². The molecule has 0 heterocycles. The van der Waals surface area contributed by atoms with Crippen LogP contribution in [-0.4, -0.2) is 5.66 Å². The van der Waals surface area contributed by atoms with Crippen molar-refractivity contribution in [2.45, 2.75) is 78.3 Å². The first-order valence-corrected chi connectivity index (χ1v) is 7.09. The van der Waals surface area contributed by atoms with Crippen LogP contribution in [0.5, 0.6) is 0 Å². The third kappa shape index (κ3) is 3.89. The first-order valence-electron chi connectivity index (χ1n) is 6.42. The van der Waals surface area contributed by atoms with E-state index in [0.717, 1.165) is 5.66 Å². The summed E-state index contributed by atoms with van der Waals surface area (Å²) in [5, 5.41) is 0. The summed E-state index contributed by atoms with van der Waals surface area (Å²) in [6, 6.07) is 0. The van der Waals surface area contributed by atoms with Crippen LogP contribution in [0.15, 0.2) is 0 Å². The molecule has 0 saturated heterocycles. The first kappa shape index (κ1) is 14.4. The second kappa shape index (κ2) is 7.69. The molecule has 0 aromatic rings. The Hall–Kier alpha value is 0.430. The maximum absolute atomic E-state index is 3.11. The van der Waals surface area contributed by atoms with Gasteiger partial charge in [-0.05, 0) is 36.8 Å². The van der Waals surface area contributed by atoms with Crippen LogP contribution >= 0.6 is 9.24 Å². The van der Waals surface area contributed by atoms with Gasteiger partial charge >= 0.3 is 0 Å². The predicted octanol–water partition coefficient (Wildman–Crippen LogP) is 5.03. The van der Waals surface area contributed by atoms with Crippen molar-refractivity contribution in [3.8, 4) is 0 Å². The van der Waals surface area contributed by atoms with Crippen molar-refractivity contribution in [2.75, 3.05) is 0 Å². The van der Waals surface area contributed by atoms with E-state index in [1.54, 1.807) is 0 Å². The van der Waals surface area contributed by atoms with Crippen LogP contribution in [0, 0.1) is 5.41 Å². The minimum atomic E-state index is 0.596. The van der Waals surface area contributed by atoms with Crippen molar-refractivity contribution in [2.24, 2.45) is 5.41 Å². The second-order valence-corrected chi connectivity index (χ2v) is 5.33. The molecule has 0 amide bonds. The number of rotatable bonds is 8. The van der Waals surface area contributed by atoms with Crippen LogP contribution in [0.4, 0.5) is 0 Å². The summed E-state index contributed by atoms with van der Waals surface area (Å²) in [5.41, 5.74) is 1.42. The van der Waals surface area contributed by atoms with Crippen LogP contribution in [0.3, 0.4) is 0 Å². The fourth-order valence-electron chi connectivity index (χ4n) is 2.46. The van der Waals surface area contributed by atoms with Gasteiger partial charge in [0.15, 0.2) is 0 Å². The smallest absolute Gasteiger partial charge is 0.0208 e. The molecule has 0 aliphatic carbocycles. The lowest BCUT2D eigenvalue weighted by Crippen LogP contribution is -2.29. The van der Waals surface area contributed by atoms with E-state index in [2.05, 4.69) is 36.9 Å². The molecule has 0 fully saturated rings. The summed E-state index contributed by atoms with van der Waals surface area (Å²) >= 11 is 0. The van der Waals surface area contributed by atoms with Gasteiger partial charge < -0.3 is 0 Å². The van der Waals surface area contributed by atoms with E-state index in [-0.39, 0.29) is 0 Å². The van der Waals surface area contributed by atoms with E-state index in [0.29, 0.717) is 5.41 Å². The Morgan fingerprint density at radius 2 is 1.43 bits per heavy atom. The molecule has 0 nitrogen and oxygen atoms in total. The predicted molar refractivity (Wildman–Crippen MR) is 70.9 cm³/mol. The van der Waals surface area contributed by atoms with Gasteiger partial charge in [0.1, 0.15) is 0 Å². The van der Waals surface area contributed by atoms with Crippen LogP contribution in [0.2, 0.25) is 0 Å². The summed E-state index contributed by atoms with van der Waals surface area (Å²) in [6.07, 6.45) is 9.55. The molecule has 0 aromatic carbocycles. The highest BCUT2D eigenvalue weighted by atomic mass is 31.0. The van der Waals surface area contributed by atoms with E-state index in [4.69, 9.17) is 0 Å². The van der Waals surface area contributed by atoms with Crippen molar-refractivity contribution in [3.05, 3.63) is 0 Å². The van der Waals surface area contributed by atoms with Crippen LogP contribution in [0.1, 0.15) is 72.6 Å². The van der Waals surface area contributed by atoms with Crippen molar-refractivity contribution in [1.82, 2.24) is 0 Å². The Morgan fingerprint density at radius 3 is 1.79 bits per heavy atom. The van der Waals surface area contributed by atoms with Gasteiger partial charge in [0, 0.05) is 0 Å². The Balaban J connectivity index is 4.07. The lowest BCUT2D eigenvalue weighted by molar-refractivity contribution is 0.230. The second-order valence-electron chi connectivity index (χ2n) is 4.53. The molecule has 2 atom stereocenters. The summed E-state index contributed by atoms with van der Waals surface area (Å²) in [6.45, 7) is 9.34. The van der Waals surface area contributed by atoms with Gasteiger partial charge in [-0.15, -0.1) is 9.24 Å². The molecule has 0 bridgehead atoms. The van der Waals surface area contributed by atoms with Crippen molar-refractivity contribution in [1.29, 1.82) is 0 Å². The van der Waals surface area contributed by atoms with E-state index >= 15 is 0 Å². The van der Waals surface area contributed by atoms with Gasteiger partial charge in [-0.1, -0.05) is 47.0 Å². The highest BCUT2D eigenvalue weighted by Gasteiger charge is 2.30. The maximum atomic E-state index is 3.11. The van der Waals surface area contributed by atoms with Crippen LogP contribution in [0.25, 0.3) is 0 Å². The minimum Gasteiger partial charge on any atom is -0.134 e. The van der Waals surface area contributed by atoms with Crippen molar-refractivity contribution in [3.63, 3.8) is 0 Å². The Kier molecular flexibility index (Phi) is 7.92. The Labute approximate surface area is 93.4 Å². The highest BCUT2D eigenvalue weighted by molar-refractivity contribution is 7.17. The molecular weight excluding hydrogens is 187 g/mol. The average molecular weight is 216 g/mol. The molecule has 0 spiro atoms. The Morgan fingerprint density at radius 1 is 0.929 bits per heavy atom. The number of unbranched alkanes of at least 4 members (excludes halogenated alkanes) is 2. The minimum absolute atomic E-state index is 0.596. The topological polar surface area (TPSA) is 0 Å². The summed E-state index contributed by atoms with van der Waals surface area (Å²) < 4.78 is 0. The summed E-state index contributed by atoms with van der Waals surface area (Å²) in [4.78, 5) is 0. The van der Waals surface area contributed by atoms with Gasteiger partial charge in [-0.2, -0.15) is 0 Å². The summed E-state index contributed by atoms with van der Waals surface area (Å²) in [5.74, 6) is 0. The lowest BCUT2D eigenvalue weighted by atomic mass is 9.75. The van der Waals surface area contributed by atoms with Crippen molar-refractivity contribution < 1.29 is 0 Å². The molecule has 2 unspecified atom stereocenters. The van der Waals surface area contributed by atoms with Crippen LogP contribution in [-0.2, 0) is 0 Å². The van der Waals surface area contributed by atoms with Gasteiger partial charge in [0.2, 0.25) is 0 Å². The highest BCUT2D eigenvalue weighted by Crippen LogP contribution is 2.41. The first-order chi connectivity index (χ1) is 6.66. The van der Waals surface area contributed by atoms with E-state index in [1.165, 1.54) is 44.9 Å². The van der Waals surface area contributed by atoms with E-state index < -0.39 is 0 Å². The average Bonchev–Trinajstić information content (AvgIpc) is 2.22. The third-order valence-corrected chi connectivity index (χ3v) is 5.06. The molecule has 0 aliphatic heterocycles. The molecule has 0 saturated carbocycles. The fourth-order valence-corrected chi connectivity index (χ4v) is 3.40. The van der Waals surface area contributed by atoms with Gasteiger partial charge in [0.05, 0.1) is 0 Å². The molecule has 0 aliphatic rings.